The molecule has 0 atom stereocenters. The largest absolute Gasteiger partial charge is 0.506 e. The van der Waals surface area contributed by atoms with Crippen LogP contribution < -0.4 is 10.9 Å². The second kappa shape index (κ2) is 6.89. The van der Waals surface area contributed by atoms with E-state index in [0.29, 0.717) is 10.7 Å². The molecule has 1 amide bonds. The first kappa shape index (κ1) is 17.5. The molecule has 0 aliphatic rings. The van der Waals surface area contributed by atoms with Crippen LogP contribution in [0.1, 0.15) is 16.1 Å². The molecule has 0 saturated carbocycles. The topological polar surface area (TPSA) is 104 Å². The van der Waals surface area contributed by atoms with Crippen LogP contribution in [-0.4, -0.2) is 25.9 Å². The first-order valence-electron chi connectivity index (χ1n) is 7.55. The summed E-state index contributed by atoms with van der Waals surface area (Å²) >= 11 is 5.85. The number of aromatic hydroxyl groups is 2. The van der Waals surface area contributed by atoms with Crippen LogP contribution in [0.3, 0.4) is 0 Å². The molecule has 0 radical (unpaired) electrons. The fourth-order valence-electron chi connectivity index (χ4n) is 2.34. The molecular weight excluding hydrogens is 358 g/mol. The molecule has 0 bridgehead atoms. The van der Waals surface area contributed by atoms with E-state index < -0.39 is 17.2 Å². The van der Waals surface area contributed by atoms with Crippen molar-refractivity contribution >= 4 is 23.2 Å². The van der Waals surface area contributed by atoms with Crippen molar-refractivity contribution in [1.82, 2.24) is 9.78 Å². The number of hydrogen-bond donors (Lipinski definition) is 3. The number of aromatic nitrogens is 2. The molecule has 3 rings (SSSR count). The van der Waals surface area contributed by atoms with Crippen molar-refractivity contribution < 1.29 is 15.0 Å². The minimum Gasteiger partial charge on any atom is -0.506 e. The van der Waals surface area contributed by atoms with Gasteiger partial charge in [-0.15, -0.1) is 0 Å². The first-order chi connectivity index (χ1) is 12.3. The Morgan fingerprint density at radius 2 is 1.88 bits per heavy atom. The zero-order chi connectivity index (χ0) is 18.8. The minimum atomic E-state index is -0.804. The number of nitrogens with one attached hydrogen (secondary N) is 1. The summed E-state index contributed by atoms with van der Waals surface area (Å²) in [5, 5.41) is 26.4. The van der Waals surface area contributed by atoms with Gasteiger partial charge in [-0.25, -0.2) is 0 Å². The third-order valence-electron chi connectivity index (χ3n) is 3.58. The molecular formula is C18H14ClN3O4. The molecule has 8 heteroatoms. The predicted molar refractivity (Wildman–Crippen MR) is 97.3 cm³/mol. The van der Waals surface area contributed by atoms with E-state index in [1.54, 1.807) is 18.2 Å². The molecule has 7 nitrogen and oxygen atoms in total. The van der Waals surface area contributed by atoms with Gasteiger partial charge in [0.2, 0.25) is 0 Å². The van der Waals surface area contributed by atoms with Gasteiger partial charge in [-0.1, -0.05) is 23.7 Å². The van der Waals surface area contributed by atoms with E-state index in [4.69, 9.17) is 11.6 Å². The van der Waals surface area contributed by atoms with Gasteiger partial charge in [-0.3, -0.25) is 9.59 Å². The summed E-state index contributed by atoms with van der Waals surface area (Å²) in [7, 11) is 0. The molecule has 2 aromatic carbocycles. The number of aryl methyl sites for hydroxylation is 1. The molecule has 1 aromatic heterocycles. The molecule has 0 spiro atoms. The van der Waals surface area contributed by atoms with Gasteiger partial charge in [-0.05, 0) is 42.8 Å². The van der Waals surface area contributed by atoms with Gasteiger partial charge >= 0.3 is 0 Å². The van der Waals surface area contributed by atoms with Crippen LogP contribution in [0.15, 0.2) is 53.3 Å². The number of rotatable bonds is 3. The third kappa shape index (κ3) is 3.52. The number of nitrogens with zero attached hydrogens (tertiary/aromatic N) is 2. The average molecular weight is 372 g/mol. The molecule has 1 heterocycles. The highest BCUT2D eigenvalue weighted by Gasteiger charge is 2.18. The van der Waals surface area contributed by atoms with Crippen LogP contribution >= 0.6 is 11.6 Å². The SMILES string of the molecule is Cc1cccc(-n2nc(C(=O)Nc3cc(Cl)ccc3O)c(O)cc2=O)c1. The van der Waals surface area contributed by atoms with E-state index in [-0.39, 0.29) is 17.1 Å². The summed E-state index contributed by atoms with van der Waals surface area (Å²) < 4.78 is 1.01. The summed E-state index contributed by atoms with van der Waals surface area (Å²) in [5.41, 5.74) is 0.450. The number of carbonyl (C=O) groups excluding carboxylic acids is 1. The van der Waals surface area contributed by atoms with Crippen LogP contribution in [0.2, 0.25) is 5.02 Å². The lowest BCUT2D eigenvalue weighted by Gasteiger charge is -2.11. The standard InChI is InChI=1S/C18H14ClN3O4/c1-10-3-2-4-12(7-10)22-16(25)9-15(24)17(21-22)18(26)20-13-8-11(19)5-6-14(13)23/h2-9,23-24H,1H3,(H,20,26). The summed E-state index contributed by atoms with van der Waals surface area (Å²) in [6.07, 6.45) is 0. The summed E-state index contributed by atoms with van der Waals surface area (Å²) in [4.78, 5) is 24.6. The maximum Gasteiger partial charge on any atom is 0.280 e. The van der Waals surface area contributed by atoms with Crippen LogP contribution in [0.5, 0.6) is 11.5 Å². The molecule has 0 aliphatic carbocycles. The fourth-order valence-corrected chi connectivity index (χ4v) is 2.52. The monoisotopic (exact) mass is 371 g/mol. The van der Waals surface area contributed by atoms with E-state index in [1.807, 2.05) is 13.0 Å². The van der Waals surface area contributed by atoms with Crippen molar-refractivity contribution in [2.75, 3.05) is 5.32 Å². The quantitative estimate of drug-likeness (QED) is 0.614. The second-order valence-corrected chi connectivity index (χ2v) is 6.02. The molecule has 26 heavy (non-hydrogen) atoms. The normalized spacial score (nSPS) is 10.5. The lowest BCUT2D eigenvalue weighted by molar-refractivity contribution is 0.101. The van der Waals surface area contributed by atoms with Gasteiger partial charge in [-0.2, -0.15) is 9.78 Å². The predicted octanol–water partition coefficient (Wildman–Crippen LogP) is 2.86. The van der Waals surface area contributed by atoms with E-state index in [9.17, 15) is 19.8 Å². The van der Waals surface area contributed by atoms with Crippen molar-refractivity contribution in [1.29, 1.82) is 0 Å². The van der Waals surface area contributed by atoms with Gasteiger partial charge in [0.15, 0.2) is 11.4 Å². The number of carbonyl (C=O) groups is 1. The summed E-state index contributed by atoms with van der Waals surface area (Å²) in [6.45, 7) is 1.85. The van der Waals surface area contributed by atoms with Crippen molar-refractivity contribution in [2.24, 2.45) is 0 Å². The molecule has 0 unspecified atom stereocenters. The Morgan fingerprint density at radius 3 is 2.62 bits per heavy atom. The molecule has 3 N–H and O–H groups in total. The zero-order valence-electron chi connectivity index (χ0n) is 13.6. The molecule has 0 fully saturated rings. The number of hydrogen-bond acceptors (Lipinski definition) is 5. The van der Waals surface area contributed by atoms with E-state index in [1.165, 1.54) is 18.2 Å². The third-order valence-corrected chi connectivity index (χ3v) is 3.81. The van der Waals surface area contributed by atoms with Gasteiger partial charge < -0.3 is 15.5 Å². The lowest BCUT2D eigenvalue weighted by atomic mass is 10.2. The molecule has 0 aliphatic heterocycles. The first-order valence-corrected chi connectivity index (χ1v) is 7.93. The second-order valence-electron chi connectivity index (χ2n) is 5.58. The zero-order valence-corrected chi connectivity index (χ0v) is 14.4. The van der Waals surface area contributed by atoms with Crippen molar-refractivity contribution in [3.05, 3.63) is 75.2 Å². The average Bonchev–Trinajstić information content (AvgIpc) is 2.58. The Bertz CT molecular complexity index is 1060. The van der Waals surface area contributed by atoms with E-state index >= 15 is 0 Å². The smallest absolute Gasteiger partial charge is 0.280 e. The van der Waals surface area contributed by atoms with Crippen LogP contribution in [0.25, 0.3) is 5.69 Å². The van der Waals surface area contributed by atoms with Crippen LogP contribution in [0.4, 0.5) is 5.69 Å². The maximum atomic E-state index is 12.5. The van der Waals surface area contributed by atoms with E-state index in [0.717, 1.165) is 16.3 Å². The number of benzene rings is 2. The summed E-state index contributed by atoms with van der Waals surface area (Å²) in [5.74, 6) is -1.58. The minimum absolute atomic E-state index is 0.0528. The lowest BCUT2D eigenvalue weighted by Crippen LogP contribution is -2.25. The van der Waals surface area contributed by atoms with Gasteiger partial charge in [0.05, 0.1) is 11.4 Å². The number of phenols is 1. The Hall–Kier alpha value is -3.32. The number of phenolic OH excluding ortho intramolecular Hbond substituents is 1. The Labute approximate surface area is 153 Å². The number of halogens is 1. The Kier molecular flexibility index (Phi) is 4.64. The highest BCUT2D eigenvalue weighted by Crippen LogP contribution is 2.27. The van der Waals surface area contributed by atoms with Crippen molar-refractivity contribution in [3.8, 4) is 17.2 Å². The van der Waals surface area contributed by atoms with Crippen molar-refractivity contribution in [3.63, 3.8) is 0 Å². The van der Waals surface area contributed by atoms with Crippen LogP contribution in [0, 0.1) is 6.92 Å². The fraction of sp³-hybridized carbons (Fsp3) is 0.0556. The van der Waals surface area contributed by atoms with Gasteiger partial charge in [0.25, 0.3) is 11.5 Å². The Balaban J connectivity index is 2.02. The highest BCUT2D eigenvalue weighted by atomic mass is 35.5. The highest BCUT2D eigenvalue weighted by molar-refractivity contribution is 6.31. The van der Waals surface area contributed by atoms with Crippen molar-refractivity contribution in [2.45, 2.75) is 6.92 Å². The van der Waals surface area contributed by atoms with Gasteiger partial charge in [0.1, 0.15) is 5.75 Å². The number of amides is 1. The van der Waals surface area contributed by atoms with Crippen LogP contribution in [-0.2, 0) is 0 Å². The van der Waals surface area contributed by atoms with E-state index in [2.05, 4.69) is 10.4 Å². The maximum absolute atomic E-state index is 12.5. The molecule has 132 valence electrons. The molecule has 0 saturated heterocycles. The van der Waals surface area contributed by atoms with Gasteiger partial charge in [0, 0.05) is 11.1 Å². The summed E-state index contributed by atoms with van der Waals surface area (Å²) in [6, 6.07) is 12.0. The molecule has 3 aromatic rings. The number of anilines is 1. The Morgan fingerprint density at radius 1 is 1.12 bits per heavy atom.